The zero-order chi connectivity index (χ0) is 32.3. The van der Waals surface area contributed by atoms with E-state index in [1.54, 1.807) is 25.3 Å². The lowest BCUT2D eigenvalue weighted by Crippen LogP contribution is -2.58. The summed E-state index contributed by atoms with van der Waals surface area (Å²) < 4.78 is 21.5. The average molecular weight is 642 g/mol. The van der Waals surface area contributed by atoms with E-state index in [1.165, 1.54) is 16.7 Å². The number of thioether (sulfide) groups is 1. The summed E-state index contributed by atoms with van der Waals surface area (Å²) in [5.74, 6) is -0.209. The molecule has 0 unspecified atom stereocenters. The minimum absolute atomic E-state index is 0.0641. The van der Waals surface area contributed by atoms with Crippen LogP contribution in [0.5, 0.6) is 5.75 Å². The molecule has 2 aromatic carbocycles. The SMILES string of the molecule is COc1cccc(C[C@H](NC(=O)O[C@H]2CO[C@H]3OCC[C@H]32)[C@H](O)C(=O)N2CSC(C)(C)[C@H]2C(=O)NCc2c(C)cccc2C)c1. The summed E-state index contributed by atoms with van der Waals surface area (Å²) in [5.41, 5.74) is 3.89. The van der Waals surface area contributed by atoms with E-state index in [4.69, 9.17) is 18.9 Å². The molecule has 0 aromatic heterocycles. The van der Waals surface area contributed by atoms with Gasteiger partial charge in [0.2, 0.25) is 5.91 Å². The molecule has 0 saturated carbocycles. The van der Waals surface area contributed by atoms with Gasteiger partial charge in [-0.2, -0.15) is 0 Å². The van der Waals surface area contributed by atoms with Gasteiger partial charge in [-0.25, -0.2) is 4.79 Å². The van der Waals surface area contributed by atoms with Gasteiger partial charge in [0.1, 0.15) is 17.9 Å². The van der Waals surface area contributed by atoms with Crippen LogP contribution in [0, 0.1) is 19.8 Å². The molecule has 0 radical (unpaired) electrons. The molecule has 3 fully saturated rings. The van der Waals surface area contributed by atoms with Crippen molar-refractivity contribution in [3.63, 3.8) is 0 Å². The van der Waals surface area contributed by atoms with Crippen LogP contribution in [0.25, 0.3) is 0 Å². The minimum atomic E-state index is -1.66. The molecule has 3 saturated heterocycles. The summed E-state index contributed by atoms with van der Waals surface area (Å²) in [5, 5.41) is 17.3. The Morgan fingerprint density at radius 3 is 2.60 bits per heavy atom. The Bertz CT molecular complexity index is 1380. The maximum Gasteiger partial charge on any atom is 0.407 e. The number of alkyl carbamates (subject to hydrolysis) is 1. The molecule has 3 aliphatic heterocycles. The zero-order valence-corrected chi connectivity index (χ0v) is 27.2. The van der Waals surface area contributed by atoms with Crippen molar-refractivity contribution in [1.29, 1.82) is 0 Å². The molecule has 11 nitrogen and oxygen atoms in total. The topological polar surface area (TPSA) is 136 Å². The Hall–Kier alpha value is -3.32. The molecule has 5 rings (SSSR count). The number of fused-ring (bicyclic) bond motifs is 1. The zero-order valence-electron chi connectivity index (χ0n) is 26.4. The number of aliphatic hydroxyl groups excluding tert-OH is 1. The van der Waals surface area contributed by atoms with Gasteiger partial charge in [0.25, 0.3) is 5.91 Å². The van der Waals surface area contributed by atoms with E-state index in [-0.39, 0.29) is 30.7 Å². The molecular formula is C33H43N3O8S. The summed E-state index contributed by atoms with van der Waals surface area (Å²) in [7, 11) is 1.55. The number of nitrogens with one attached hydrogen (secondary N) is 2. The number of rotatable bonds is 10. The van der Waals surface area contributed by atoms with Gasteiger partial charge in [-0.05, 0) is 74.9 Å². The molecule has 3 aliphatic rings. The second-order valence-corrected chi connectivity index (χ2v) is 14.0. The van der Waals surface area contributed by atoms with E-state index in [2.05, 4.69) is 10.6 Å². The van der Waals surface area contributed by atoms with Crippen LogP contribution in [0.3, 0.4) is 0 Å². The van der Waals surface area contributed by atoms with Crippen molar-refractivity contribution in [2.45, 2.75) is 82.4 Å². The lowest BCUT2D eigenvalue weighted by atomic mass is 9.97. The van der Waals surface area contributed by atoms with Crippen LogP contribution in [0.4, 0.5) is 4.79 Å². The largest absolute Gasteiger partial charge is 0.497 e. The Labute approximate surface area is 268 Å². The van der Waals surface area contributed by atoms with Crippen LogP contribution in [0.1, 0.15) is 42.5 Å². The van der Waals surface area contributed by atoms with Crippen molar-refractivity contribution in [1.82, 2.24) is 15.5 Å². The molecule has 12 heteroatoms. The molecule has 0 bridgehead atoms. The maximum atomic E-state index is 14.0. The average Bonchev–Trinajstić information content (AvgIpc) is 3.71. The molecule has 3 amide bonds. The number of hydrogen-bond donors (Lipinski definition) is 3. The van der Waals surface area contributed by atoms with Crippen LogP contribution in [0.15, 0.2) is 42.5 Å². The number of benzene rings is 2. The van der Waals surface area contributed by atoms with Crippen molar-refractivity contribution in [3.8, 4) is 5.75 Å². The molecule has 2 aromatic rings. The van der Waals surface area contributed by atoms with Crippen molar-refractivity contribution < 1.29 is 38.4 Å². The van der Waals surface area contributed by atoms with Crippen LogP contribution in [-0.4, -0.2) is 89.4 Å². The molecule has 45 heavy (non-hydrogen) atoms. The Morgan fingerprint density at radius 2 is 1.87 bits per heavy atom. The summed E-state index contributed by atoms with van der Waals surface area (Å²) in [4.78, 5) is 42.2. The molecule has 6 atom stereocenters. The Kier molecular flexibility index (Phi) is 10.3. The summed E-state index contributed by atoms with van der Waals surface area (Å²) in [6.45, 7) is 8.88. The van der Waals surface area contributed by atoms with Crippen molar-refractivity contribution >= 4 is 29.7 Å². The van der Waals surface area contributed by atoms with Gasteiger partial charge < -0.3 is 39.6 Å². The van der Waals surface area contributed by atoms with Crippen molar-refractivity contribution in [2.75, 3.05) is 26.2 Å². The molecule has 0 spiro atoms. The van der Waals surface area contributed by atoms with Crippen LogP contribution in [0.2, 0.25) is 0 Å². The minimum Gasteiger partial charge on any atom is -0.497 e. The van der Waals surface area contributed by atoms with Crippen molar-refractivity contribution in [3.05, 3.63) is 64.7 Å². The van der Waals surface area contributed by atoms with Crippen LogP contribution in [-0.2, 0) is 36.8 Å². The predicted octanol–water partition coefficient (Wildman–Crippen LogP) is 3.07. The number of carbonyl (C=O) groups excluding carboxylic acids is 3. The van der Waals surface area contributed by atoms with Crippen LogP contribution < -0.4 is 15.4 Å². The molecule has 244 valence electrons. The molecule has 3 N–H and O–H groups in total. The summed E-state index contributed by atoms with van der Waals surface area (Å²) in [6.07, 6.45) is -2.49. The molecule has 0 aliphatic carbocycles. The lowest BCUT2D eigenvalue weighted by Gasteiger charge is -2.33. The van der Waals surface area contributed by atoms with Gasteiger partial charge >= 0.3 is 6.09 Å². The van der Waals surface area contributed by atoms with Gasteiger partial charge in [-0.1, -0.05) is 30.3 Å². The fourth-order valence-corrected chi connectivity index (χ4v) is 7.46. The van der Waals surface area contributed by atoms with Gasteiger partial charge in [0.15, 0.2) is 12.4 Å². The normalized spacial score (nSPS) is 24.9. The first-order valence-corrected chi connectivity index (χ1v) is 16.3. The lowest BCUT2D eigenvalue weighted by molar-refractivity contribution is -0.147. The summed E-state index contributed by atoms with van der Waals surface area (Å²) >= 11 is 1.46. The first-order chi connectivity index (χ1) is 21.5. The highest BCUT2D eigenvalue weighted by Crippen LogP contribution is 2.40. The number of nitrogens with zero attached hydrogens (tertiary/aromatic N) is 1. The molecular weight excluding hydrogens is 598 g/mol. The highest BCUT2D eigenvalue weighted by Gasteiger charge is 2.50. The van der Waals surface area contributed by atoms with E-state index in [9.17, 15) is 19.5 Å². The van der Waals surface area contributed by atoms with Gasteiger partial charge in [-0.3, -0.25) is 9.59 Å². The van der Waals surface area contributed by atoms with E-state index in [0.29, 0.717) is 25.3 Å². The van der Waals surface area contributed by atoms with Gasteiger partial charge in [-0.15, -0.1) is 11.8 Å². The van der Waals surface area contributed by atoms with E-state index < -0.39 is 47.3 Å². The van der Waals surface area contributed by atoms with Gasteiger partial charge in [0.05, 0.1) is 38.2 Å². The highest BCUT2D eigenvalue weighted by atomic mass is 32.2. The second kappa shape index (κ2) is 14.0. The van der Waals surface area contributed by atoms with Crippen LogP contribution >= 0.6 is 11.8 Å². The number of amides is 3. The quantitative estimate of drug-likeness (QED) is 0.358. The van der Waals surface area contributed by atoms with E-state index in [0.717, 1.165) is 22.3 Å². The first kappa shape index (κ1) is 33.1. The number of hydrogen-bond acceptors (Lipinski definition) is 9. The maximum absolute atomic E-state index is 14.0. The fraction of sp³-hybridized carbons (Fsp3) is 0.545. The fourth-order valence-electron chi connectivity index (χ4n) is 6.32. The smallest absolute Gasteiger partial charge is 0.407 e. The second-order valence-electron chi connectivity index (χ2n) is 12.4. The third-order valence-electron chi connectivity index (χ3n) is 8.93. The number of aryl methyl sites for hydroxylation is 2. The Morgan fingerprint density at radius 1 is 1.13 bits per heavy atom. The molecule has 3 heterocycles. The number of methoxy groups -OCH3 is 1. The number of aliphatic hydroxyl groups is 1. The number of carbonyl (C=O) groups is 3. The van der Waals surface area contributed by atoms with Crippen molar-refractivity contribution in [2.24, 2.45) is 5.92 Å². The monoisotopic (exact) mass is 641 g/mol. The predicted molar refractivity (Wildman–Crippen MR) is 169 cm³/mol. The standard InChI is InChI=1S/C33H43N3O8S/c1-19-8-6-9-20(2)24(19)16-34-29(38)28-33(3,4)45-18-36(28)30(39)27(37)25(15-21-10-7-11-22(14-21)41-5)35-32(40)44-26-17-43-31-23(26)12-13-42-31/h6-11,14,23,25-28,31,37H,12-13,15-18H2,1-5H3,(H,34,38)(H,35,40)/t23-,25-,26-,27-,28+,31+/m0/s1. The highest BCUT2D eigenvalue weighted by molar-refractivity contribution is 8.00. The third kappa shape index (κ3) is 7.40. The summed E-state index contributed by atoms with van der Waals surface area (Å²) in [6, 6.07) is 11.3. The third-order valence-corrected chi connectivity index (χ3v) is 10.3. The Balaban J connectivity index is 1.32. The van der Waals surface area contributed by atoms with Gasteiger partial charge in [0, 0.05) is 11.3 Å². The van der Waals surface area contributed by atoms with E-state index >= 15 is 0 Å². The van der Waals surface area contributed by atoms with E-state index in [1.807, 2.05) is 52.0 Å². The number of ether oxygens (including phenoxy) is 4. The first-order valence-electron chi connectivity index (χ1n) is 15.3.